The van der Waals surface area contributed by atoms with Crippen molar-refractivity contribution in [1.29, 1.82) is 0 Å². The van der Waals surface area contributed by atoms with Gasteiger partial charge in [-0.1, -0.05) is 0 Å². The fourth-order valence-electron chi connectivity index (χ4n) is 5.99. The summed E-state index contributed by atoms with van der Waals surface area (Å²) >= 11 is 0. The van der Waals surface area contributed by atoms with Crippen molar-refractivity contribution in [2.45, 2.75) is 68.9 Å². The number of nitrogens with one attached hydrogen (secondary N) is 3. The number of phosphoric acid groups is 2. The average molecular weight is 788 g/mol. The lowest BCUT2D eigenvalue weighted by molar-refractivity contribution is -0.247. The number of aliphatic hydroxyl groups excluding tert-OH is 5. The number of nitrogens with zero attached hydrogens (tertiary/aromatic N) is 5. The van der Waals surface area contributed by atoms with Crippen LogP contribution in [-0.2, 0) is 32.0 Å². The zero-order valence-corrected chi connectivity index (χ0v) is 29.4. The highest BCUT2D eigenvalue weighted by atomic mass is 31.3. The predicted octanol–water partition coefficient (Wildman–Crippen LogP) is -3.82. The Morgan fingerprint density at radius 1 is 1.00 bits per heavy atom. The number of ether oxygens (including phenoxy) is 1. The van der Waals surface area contributed by atoms with E-state index in [9.17, 15) is 54.0 Å². The first-order valence-corrected chi connectivity index (χ1v) is 18.6. The summed E-state index contributed by atoms with van der Waals surface area (Å²) in [5.74, 6) is -0.647. The molecule has 3 aliphatic heterocycles. The predicted molar refractivity (Wildman–Crippen MR) is 173 cm³/mol. The minimum absolute atomic E-state index is 0.0189. The van der Waals surface area contributed by atoms with Gasteiger partial charge >= 0.3 is 6.03 Å². The van der Waals surface area contributed by atoms with E-state index in [4.69, 9.17) is 10.5 Å². The number of β-amino-alcohol motifs (C(OH)–C–C–N with tert-alkyl or cyclic N) is 1. The van der Waals surface area contributed by atoms with Crippen LogP contribution in [0.2, 0.25) is 0 Å². The molecule has 0 spiro atoms. The summed E-state index contributed by atoms with van der Waals surface area (Å²) in [6, 6.07) is 1.62. The Kier molecular flexibility index (Phi) is 10.8. The number of imidazole rings is 1. The number of anilines is 3. The van der Waals surface area contributed by atoms with Crippen molar-refractivity contribution in [2.24, 2.45) is 0 Å². The summed E-state index contributed by atoms with van der Waals surface area (Å²) < 4.78 is 44.5. The van der Waals surface area contributed by atoms with Crippen LogP contribution in [0.4, 0.5) is 22.0 Å². The lowest BCUT2D eigenvalue weighted by atomic mass is 9.98. The minimum Gasteiger partial charge on any atom is -0.756 e. The number of phosphoric ester groups is 2. The molecule has 6 rings (SSSR count). The van der Waals surface area contributed by atoms with Gasteiger partial charge in [0.25, 0.3) is 21.6 Å². The van der Waals surface area contributed by atoms with Gasteiger partial charge in [0.1, 0.15) is 60.7 Å². The maximum atomic E-state index is 12.6. The lowest BCUT2D eigenvalue weighted by Crippen LogP contribution is -2.71. The number of imide groups is 1. The largest absolute Gasteiger partial charge is 0.756 e. The van der Waals surface area contributed by atoms with Crippen molar-refractivity contribution in [3.05, 3.63) is 35.9 Å². The number of carbonyl (C=O) groups is 2. The van der Waals surface area contributed by atoms with Crippen LogP contribution in [0.5, 0.6) is 0 Å². The Hall–Kier alpha value is -3.87. The summed E-state index contributed by atoms with van der Waals surface area (Å²) in [5.41, 5.74) is 8.61. The third kappa shape index (κ3) is 8.00. The Morgan fingerprint density at radius 2 is 1.70 bits per heavy atom. The molecule has 24 nitrogen and oxygen atoms in total. The van der Waals surface area contributed by atoms with Gasteiger partial charge in [0.2, 0.25) is 0 Å². The van der Waals surface area contributed by atoms with Crippen molar-refractivity contribution >= 4 is 55.9 Å². The molecule has 0 saturated carbocycles. The SMILES string of the molecule is Cc1cc2c(cc1C)N(C[C@H](O)[C@H](O)[C@H](O)COP(=O)([O-])OP(=O)([O-])OC[C@H]1O[C@@H](n3cnc4c(N)ncnc43)[C@H](O)[C@@H]1O)[C@H]1NC(=O)NC(=O)[C@H]1N2. The van der Waals surface area contributed by atoms with Gasteiger partial charge in [-0.05, 0) is 37.1 Å². The molecule has 53 heavy (non-hydrogen) atoms. The standard InChI is InChI=1S/C27H37N9O15P2/c1-10-3-12-13(4-11(10)2)35(24-18(32-12)25(42)34-27(43)33-24)5-14(37)19(39)15(38)6-48-52(44,45)51-53(46,47)49-7-16-20(40)21(41)26(50-16)36-9-31-17-22(28)29-8-30-23(17)36/h3-4,8-9,14-16,18-21,24,26,32,37-41H,5-7H2,1-2H3,(H,44,45)(H,46,47)(H2,28,29,30)(H2,33,34,42,43)/p-2/t14-,15+,16+,18-,19-,20+,21+,24+,26+/m0/s1. The third-order valence-electron chi connectivity index (χ3n) is 8.85. The van der Waals surface area contributed by atoms with Crippen LogP contribution in [0.15, 0.2) is 24.8 Å². The van der Waals surface area contributed by atoms with Crippen molar-refractivity contribution in [3.8, 4) is 0 Å². The number of rotatable bonds is 13. The molecule has 0 radical (unpaired) electrons. The molecule has 3 amide bonds. The number of hydrogen-bond donors (Lipinski definition) is 9. The number of benzene rings is 1. The molecule has 0 aliphatic carbocycles. The van der Waals surface area contributed by atoms with E-state index in [-0.39, 0.29) is 17.0 Å². The molecular weight excluding hydrogens is 752 g/mol. The zero-order chi connectivity index (χ0) is 38.6. The highest BCUT2D eigenvalue weighted by Gasteiger charge is 2.46. The molecule has 1 aromatic carbocycles. The Morgan fingerprint density at radius 3 is 2.43 bits per heavy atom. The van der Waals surface area contributed by atoms with Crippen LogP contribution < -0.4 is 36.4 Å². The smallest absolute Gasteiger partial charge is 0.323 e. The first-order valence-electron chi connectivity index (χ1n) is 15.7. The molecule has 290 valence electrons. The summed E-state index contributed by atoms with van der Waals surface area (Å²) in [4.78, 5) is 62.7. The first kappa shape index (κ1) is 38.8. The molecule has 2 unspecified atom stereocenters. The highest BCUT2D eigenvalue weighted by molar-refractivity contribution is 7.59. The molecule has 3 aromatic rings. The fourth-order valence-corrected chi connectivity index (χ4v) is 8.01. The van der Waals surface area contributed by atoms with Crippen LogP contribution in [0.25, 0.3) is 11.2 Å². The first-order chi connectivity index (χ1) is 24.9. The van der Waals surface area contributed by atoms with E-state index in [2.05, 4.69) is 44.3 Å². The van der Waals surface area contributed by atoms with Gasteiger partial charge in [-0.2, -0.15) is 0 Å². The number of nitrogen functional groups attached to an aromatic ring is 1. The van der Waals surface area contributed by atoms with Crippen molar-refractivity contribution in [3.63, 3.8) is 0 Å². The normalized spacial score (nSPS) is 28.1. The fraction of sp³-hybridized carbons (Fsp3) is 0.519. The number of aryl methyl sites for hydroxylation is 2. The van der Waals surface area contributed by atoms with Gasteiger partial charge in [0.05, 0.1) is 30.9 Å². The third-order valence-corrected chi connectivity index (χ3v) is 11.4. The minimum atomic E-state index is -5.84. The van der Waals surface area contributed by atoms with E-state index in [0.29, 0.717) is 11.4 Å². The monoisotopic (exact) mass is 787 g/mol. The number of aliphatic hydroxyl groups is 5. The number of urea groups is 1. The average Bonchev–Trinajstić information content (AvgIpc) is 3.63. The number of nitrogens with two attached hydrogens (primary N) is 1. The van der Waals surface area contributed by atoms with Crippen molar-refractivity contribution in [1.82, 2.24) is 30.2 Å². The number of carbonyl (C=O) groups excluding carboxylic acids is 2. The molecule has 26 heteroatoms. The summed E-state index contributed by atoms with van der Waals surface area (Å²) in [5, 5.41) is 60.7. The Labute approximate surface area is 298 Å². The number of aromatic nitrogens is 4. The number of fused-ring (bicyclic) bond motifs is 3. The van der Waals surface area contributed by atoms with Crippen molar-refractivity contribution in [2.75, 3.05) is 35.7 Å². The molecule has 10 N–H and O–H groups in total. The molecule has 2 aromatic heterocycles. The second-order valence-corrected chi connectivity index (χ2v) is 15.4. The molecule has 2 saturated heterocycles. The Bertz CT molecular complexity index is 1990. The van der Waals surface area contributed by atoms with Gasteiger partial charge in [-0.25, -0.2) is 24.1 Å². The number of hydrogen-bond acceptors (Lipinski definition) is 21. The topological polar surface area (TPSA) is 361 Å². The van der Waals surface area contributed by atoms with Gasteiger partial charge in [0, 0.05) is 6.54 Å². The van der Waals surface area contributed by atoms with Gasteiger partial charge in [-0.3, -0.25) is 23.8 Å². The van der Waals surface area contributed by atoms with E-state index in [1.54, 1.807) is 19.1 Å². The van der Waals surface area contributed by atoms with Crippen LogP contribution in [0.3, 0.4) is 0 Å². The summed E-state index contributed by atoms with van der Waals surface area (Å²) in [6.07, 6.45) is -11.1. The van der Waals surface area contributed by atoms with Crippen LogP contribution in [0, 0.1) is 13.8 Å². The van der Waals surface area contributed by atoms with E-state index in [0.717, 1.165) is 17.5 Å². The van der Waals surface area contributed by atoms with Gasteiger partial charge in [0.15, 0.2) is 17.7 Å². The Balaban J connectivity index is 1.04. The maximum absolute atomic E-state index is 12.6. The van der Waals surface area contributed by atoms with Gasteiger partial charge < -0.3 is 70.4 Å². The maximum Gasteiger partial charge on any atom is 0.323 e. The van der Waals surface area contributed by atoms with E-state index in [1.165, 1.54) is 15.8 Å². The van der Waals surface area contributed by atoms with E-state index in [1.807, 2.05) is 6.92 Å². The van der Waals surface area contributed by atoms with Crippen molar-refractivity contribution < 1.29 is 72.1 Å². The second-order valence-electron chi connectivity index (χ2n) is 12.5. The highest BCUT2D eigenvalue weighted by Crippen LogP contribution is 2.56. The quantitative estimate of drug-likeness (QED) is 0.0749. The summed E-state index contributed by atoms with van der Waals surface area (Å²) in [6.45, 7) is 0.797. The molecule has 5 heterocycles. The van der Waals surface area contributed by atoms with Crippen LogP contribution >= 0.6 is 15.6 Å². The van der Waals surface area contributed by atoms with E-state index < -0.39 is 102 Å². The summed E-state index contributed by atoms with van der Waals surface area (Å²) in [7, 11) is -11.6. The molecule has 11 atom stereocenters. The number of amides is 3. The van der Waals surface area contributed by atoms with E-state index >= 15 is 0 Å². The second kappa shape index (κ2) is 14.8. The van der Waals surface area contributed by atoms with Crippen LogP contribution in [0.1, 0.15) is 17.4 Å². The lowest BCUT2D eigenvalue weighted by Gasteiger charge is -2.47. The van der Waals surface area contributed by atoms with Gasteiger partial charge in [-0.15, -0.1) is 0 Å². The molecule has 0 bridgehead atoms. The molecule has 2 fully saturated rings. The van der Waals surface area contributed by atoms with Crippen LogP contribution in [-0.4, -0.2) is 126 Å². The molecular formula is C27H35N9O15P2-2. The molecule has 3 aliphatic rings. The zero-order valence-electron chi connectivity index (χ0n) is 27.7.